The molecule has 1 aromatic carbocycles. The van der Waals surface area contributed by atoms with Gasteiger partial charge in [-0.25, -0.2) is 9.78 Å². The Hall–Kier alpha value is -3.30. The average molecular weight is 510 g/mol. The summed E-state index contributed by atoms with van der Waals surface area (Å²) in [6.45, 7) is 11.5. The van der Waals surface area contributed by atoms with Crippen LogP contribution in [0.2, 0.25) is 0 Å². The molecule has 0 spiro atoms. The molecule has 0 bridgehead atoms. The molecule has 1 N–H and O–H groups in total. The third-order valence-corrected chi connectivity index (χ3v) is 8.22. The second-order valence-corrected chi connectivity index (χ2v) is 10.9. The van der Waals surface area contributed by atoms with E-state index < -0.39 is 11.9 Å². The van der Waals surface area contributed by atoms with Crippen LogP contribution in [0, 0.1) is 34.6 Å². The lowest BCUT2D eigenvalue weighted by Gasteiger charge is -2.09. The van der Waals surface area contributed by atoms with Crippen molar-refractivity contribution in [2.24, 2.45) is 0 Å². The normalized spacial score (nSPS) is 11.1. The summed E-state index contributed by atoms with van der Waals surface area (Å²) in [7, 11) is 0. The molecule has 0 aliphatic carbocycles. The highest BCUT2D eigenvalue weighted by atomic mass is 32.1. The maximum absolute atomic E-state index is 13.5. The fraction of sp³-hybridized carbons (Fsp3) is 0.308. The Bertz CT molecular complexity index is 1530. The van der Waals surface area contributed by atoms with E-state index in [-0.39, 0.29) is 18.7 Å². The maximum atomic E-state index is 13.5. The average Bonchev–Trinajstić information content (AvgIpc) is 3.28. The maximum Gasteiger partial charge on any atom is 0.341 e. The molecule has 0 unspecified atom stereocenters. The fourth-order valence-electron chi connectivity index (χ4n) is 3.98. The number of benzene rings is 1. The van der Waals surface area contributed by atoms with Crippen LogP contribution < -0.4 is 10.9 Å². The zero-order valence-electron chi connectivity index (χ0n) is 20.6. The number of carbonyl (C=O) groups is 2. The summed E-state index contributed by atoms with van der Waals surface area (Å²) in [5, 5.41) is 3.73. The number of esters is 1. The standard InChI is InChI=1S/C26H27N3O4S2/c1-7-33-26(32)20-15(4)16(5)34-24(20)28-19(30)11-29-12-27-23-22(25(29)31)21(17(6)35-23)18-9-8-13(2)14(3)10-18/h8-10,12H,7,11H2,1-6H3,(H,28,30). The Labute approximate surface area is 211 Å². The van der Waals surface area contributed by atoms with E-state index in [0.29, 0.717) is 20.8 Å². The van der Waals surface area contributed by atoms with Crippen LogP contribution in [0.4, 0.5) is 5.00 Å². The van der Waals surface area contributed by atoms with Crippen LogP contribution in [0.5, 0.6) is 0 Å². The van der Waals surface area contributed by atoms with Crippen molar-refractivity contribution in [3.63, 3.8) is 0 Å². The number of aromatic nitrogens is 2. The minimum Gasteiger partial charge on any atom is -0.462 e. The summed E-state index contributed by atoms with van der Waals surface area (Å²) in [6.07, 6.45) is 1.40. The highest BCUT2D eigenvalue weighted by Crippen LogP contribution is 2.36. The molecule has 35 heavy (non-hydrogen) atoms. The first-order chi connectivity index (χ1) is 16.6. The Kier molecular flexibility index (Phi) is 6.91. The highest BCUT2D eigenvalue weighted by Gasteiger charge is 2.23. The summed E-state index contributed by atoms with van der Waals surface area (Å²) < 4.78 is 6.47. The van der Waals surface area contributed by atoms with Crippen molar-refractivity contribution in [3.05, 3.63) is 66.9 Å². The largest absolute Gasteiger partial charge is 0.462 e. The highest BCUT2D eigenvalue weighted by molar-refractivity contribution is 7.19. The van der Waals surface area contributed by atoms with E-state index in [2.05, 4.69) is 23.3 Å². The topological polar surface area (TPSA) is 90.3 Å². The van der Waals surface area contributed by atoms with Crippen molar-refractivity contribution < 1.29 is 14.3 Å². The van der Waals surface area contributed by atoms with Gasteiger partial charge < -0.3 is 10.1 Å². The van der Waals surface area contributed by atoms with Crippen LogP contribution in [0.25, 0.3) is 21.3 Å². The van der Waals surface area contributed by atoms with Gasteiger partial charge in [-0.15, -0.1) is 22.7 Å². The molecule has 3 heterocycles. The molecule has 3 aromatic heterocycles. The van der Waals surface area contributed by atoms with Crippen molar-refractivity contribution >= 4 is 49.8 Å². The van der Waals surface area contributed by atoms with E-state index in [4.69, 9.17) is 4.74 Å². The van der Waals surface area contributed by atoms with Crippen molar-refractivity contribution in [2.75, 3.05) is 11.9 Å². The van der Waals surface area contributed by atoms with Gasteiger partial charge in [-0.3, -0.25) is 14.2 Å². The lowest BCUT2D eigenvalue weighted by molar-refractivity contribution is -0.116. The number of ether oxygens (including phenoxy) is 1. The minimum absolute atomic E-state index is 0.221. The third-order valence-electron chi connectivity index (χ3n) is 6.08. The molecule has 0 aliphatic heterocycles. The fourth-order valence-corrected chi connectivity index (χ4v) is 6.05. The predicted molar refractivity (Wildman–Crippen MR) is 142 cm³/mol. The van der Waals surface area contributed by atoms with E-state index in [1.807, 2.05) is 39.8 Å². The Morgan fingerprint density at radius 1 is 1.06 bits per heavy atom. The molecule has 0 aliphatic rings. The number of hydrogen-bond donors (Lipinski definition) is 1. The van der Waals surface area contributed by atoms with Crippen LogP contribution in [0.3, 0.4) is 0 Å². The summed E-state index contributed by atoms with van der Waals surface area (Å²) >= 11 is 2.78. The molecule has 4 rings (SSSR count). The lowest BCUT2D eigenvalue weighted by atomic mass is 9.99. The summed E-state index contributed by atoms with van der Waals surface area (Å²) in [5.74, 6) is -0.892. The predicted octanol–water partition coefficient (Wildman–Crippen LogP) is 5.54. The second kappa shape index (κ2) is 9.75. The number of anilines is 1. The first kappa shape index (κ1) is 24.8. The summed E-state index contributed by atoms with van der Waals surface area (Å²) in [4.78, 5) is 45.8. The Morgan fingerprint density at radius 3 is 2.49 bits per heavy atom. The Morgan fingerprint density at radius 2 is 1.80 bits per heavy atom. The Balaban J connectivity index is 1.68. The van der Waals surface area contributed by atoms with Crippen molar-refractivity contribution in [1.82, 2.24) is 9.55 Å². The number of carbonyl (C=O) groups excluding carboxylic acids is 2. The molecule has 9 heteroatoms. The van der Waals surface area contributed by atoms with E-state index in [1.165, 1.54) is 39.1 Å². The molecule has 0 radical (unpaired) electrons. The smallest absolute Gasteiger partial charge is 0.341 e. The molecular formula is C26H27N3O4S2. The van der Waals surface area contributed by atoms with Gasteiger partial charge in [0, 0.05) is 15.3 Å². The van der Waals surface area contributed by atoms with Gasteiger partial charge >= 0.3 is 5.97 Å². The molecule has 0 atom stereocenters. The molecule has 7 nitrogen and oxygen atoms in total. The SMILES string of the molecule is CCOC(=O)c1c(NC(=O)Cn2cnc3sc(C)c(-c4ccc(C)c(C)c4)c3c2=O)sc(C)c1C. The number of nitrogens with zero attached hydrogens (tertiary/aromatic N) is 2. The van der Waals surface area contributed by atoms with Crippen molar-refractivity contribution in [2.45, 2.75) is 48.1 Å². The van der Waals surface area contributed by atoms with Crippen LogP contribution >= 0.6 is 22.7 Å². The second-order valence-electron chi connectivity index (χ2n) is 8.45. The van der Waals surface area contributed by atoms with Crippen LogP contribution in [0.15, 0.2) is 29.3 Å². The van der Waals surface area contributed by atoms with Crippen LogP contribution in [-0.2, 0) is 16.1 Å². The monoisotopic (exact) mass is 509 g/mol. The third kappa shape index (κ3) is 4.66. The van der Waals surface area contributed by atoms with E-state index in [1.54, 1.807) is 6.92 Å². The van der Waals surface area contributed by atoms with Gasteiger partial charge in [0.2, 0.25) is 5.91 Å². The number of thiophene rings is 2. The number of amides is 1. The molecule has 0 saturated carbocycles. The van der Waals surface area contributed by atoms with Gasteiger partial charge in [-0.1, -0.05) is 18.2 Å². The molecule has 4 aromatic rings. The first-order valence-electron chi connectivity index (χ1n) is 11.3. The van der Waals surface area contributed by atoms with Crippen molar-refractivity contribution in [1.29, 1.82) is 0 Å². The number of nitrogens with one attached hydrogen (secondary N) is 1. The first-order valence-corrected chi connectivity index (χ1v) is 12.9. The van der Waals surface area contributed by atoms with Crippen LogP contribution in [-0.4, -0.2) is 28.0 Å². The zero-order chi connectivity index (χ0) is 25.4. The lowest BCUT2D eigenvalue weighted by Crippen LogP contribution is -2.28. The summed E-state index contributed by atoms with van der Waals surface area (Å²) in [5.41, 5.74) is 5.00. The van der Waals surface area contributed by atoms with E-state index in [0.717, 1.165) is 32.0 Å². The number of rotatable bonds is 6. The molecule has 0 saturated heterocycles. The number of hydrogen-bond acceptors (Lipinski definition) is 7. The van der Waals surface area contributed by atoms with Gasteiger partial charge in [0.05, 0.1) is 23.9 Å². The zero-order valence-corrected chi connectivity index (χ0v) is 22.2. The molecule has 0 fully saturated rings. The van der Waals surface area contributed by atoms with Gasteiger partial charge in [-0.2, -0.15) is 0 Å². The van der Waals surface area contributed by atoms with Gasteiger partial charge in [0.1, 0.15) is 16.4 Å². The van der Waals surface area contributed by atoms with Gasteiger partial charge in [-0.05, 0) is 63.8 Å². The molecule has 1 amide bonds. The minimum atomic E-state index is -0.475. The number of fused-ring (bicyclic) bond motifs is 1. The summed E-state index contributed by atoms with van der Waals surface area (Å²) in [6, 6.07) is 6.13. The van der Waals surface area contributed by atoms with E-state index >= 15 is 0 Å². The van der Waals surface area contributed by atoms with Gasteiger partial charge in [0.15, 0.2) is 0 Å². The molecule has 182 valence electrons. The van der Waals surface area contributed by atoms with Crippen LogP contribution in [0.1, 0.15) is 43.7 Å². The quantitative estimate of drug-likeness (QED) is 0.345. The molecular weight excluding hydrogens is 482 g/mol. The number of aryl methyl sites for hydroxylation is 4. The van der Waals surface area contributed by atoms with Gasteiger partial charge in [0.25, 0.3) is 5.56 Å². The van der Waals surface area contributed by atoms with Crippen molar-refractivity contribution in [3.8, 4) is 11.1 Å². The van der Waals surface area contributed by atoms with E-state index in [9.17, 15) is 14.4 Å².